The number of benzene rings is 1. The molecule has 32 heavy (non-hydrogen) atoms. The third-order valence-electron chi connectivity index (χ3n) is 7.51. The van der Waals surface area contributed by atoms with Gasteiger partial charge in [-0.05, 0) is 68.4 Å². The van der Waals surface area contributed by atoms with E-state index in [0.717, 1.165) is 38.5 Å². The Morgan fingerprint density at radius 2 is 1.69 bits per heavy atom. The predicted octanol–water partition coefficient (Wildman–Crippen LogP) is 4.77. The molecule has 0 aliphatic heterocycles. The maximum Gasteiger partial charge on any atom is 0.424 e. The van der Waals surface area contributed by atoms with Gasteiger partial charge in [-0.25, -0.2) is 4.98 Å². The van der Waals surface area contributed by atoms with E-state index in [4.69, 9.17) is 4.74 Å². The molecule has 9 heteroatoms. The van der Waals surface area contributed by atoms with Gasteiger partial charge in [-0.15, -0.1) is 11.3 Å². The number of carbonyl (C=O) groups excluding carboxylic acids is 2. The third kappa shape index (κ3) is 3.63. The SMILES string of the molecule is O=C(C[C@](O)(c1nc2ccccc2s1)C(F)(F)F)OCC(=O)C12CC3CC(CC(C3)C1)C2. The van der Waals surface area contributed by atoms with Gasteiger partial charge in [-0.2, -0.15) is 13.2 Å². The molecule has 2 aromatic rings. The van der Waals surface area contributed by atoms with Gasteiger partial charge in [-0.1, -0.05) is 12.1 Å². The van der Waals surface area contributed by atoms with Gasteiger partial charge in [0.15, 0.2) is 12.4 Å². The Morgan fingerprint density at radius 3 is 2.25 bits per heavy atom. The number of Topliss-reactive ketones (excluding diaryl/α,β-unsaturated/α-hetero) is 1. The number of hydrogen-bond acceptors (Lipinski definition) is 6. The fraction of sp³-hybridized carbons (Fsp3) is 0.609. The Hall–Kier alpha value is -2.00. The molecule has 4 aliphatic rings. The van der Waals surface area contributed by atoms with Crippen LogP contribution in [0.2, 0.25) is 0 Å². The molecule has 172 valence electrons. The summed E-state index contributed by atoms with van der Waals surface area (Å²) in [4.78, 5) is 29.2. The Balaban J connectivity index is 1.29. The van der Waals surface area contributed by atoms with Crippen LogP contribution < -0.4 is 0 Å². The number of carbonyl (C=O) groups is 2. The van der Waals surface area contributed by atoms with Gasteiger partial charge in [0.1, 0.15) is 5.01 Å². The first kappa shape index (κ1) is 21.8. The van der Waals surface area contributed by atoms with E-state index in [0.29, 0.717) is 39.3 Å². The number of nitrogens with zero attached hydrogens (tertiary/aromatic N) is 1. The molecule has 1 atom stereocenters. The average molecular weight is 468 g/mol. The van der Waals surface area contributed by atoms with Crippen molar-refractivity contribution in [1.29, 1.82) is 0 Å². The van der Waals surface area contributed by atoms with Crippen LogP contribution in [0.5, 0.6) is 0 Å². The lowest BCUT2D eigenvalue weighted by atomic mass is 9.48. The molecule has 1 aromatic heterocycles. The Labute approximate surface area is 187 Å². The van der Waals surface area contributed by atoms with Crippen LogP contribution >= 0.6 is 11.3 Å². The van der Waals surface area contributed by atoms with Gasteiger partial charge < -0.3 is 9.84 Å². The minimum absolute atomic E-state index is 0.194. The minimum atomic E-state index is -5.14. The van der Waals surface area contributed by atoms with E-state index in [1.165, 1.54) is 6.07 Å². The van der Waals surface area contributed by atoms with Crippen molar-refractivity contribution in [2.45, 2.75) is 56.7 Å². The number of aromatic nitrogens is 1. The van der Waals surface area contributed by atoms with Crippen molar-refractivity contribution in [2.75, 3.05) is 6.61 Å². The standard InChI is InChI=1S/C23H24F3NO4S/c24-23(25,26)22(30,20-27-16-3-1-2-4-17(16)32-20)11-19(29)31-12-18(28)21-8-13-5-14(9-21)7-15(6-13)10-21/h1-4,13-15,30H,5-12H2/t13?,14?,15?,21?,22-/m0/s1. The van der Waals surface area contributed by atoms with Crippen molar-refractivity contribution in [2.24, 2.45) is 23.2 Å². The topological polar surface area (TPSA) is 76.5 Å². The van der Waals surface area contributed by atoms with Crippen LogP contribution in [-0.2, 0) is 19.9 Å². The number of fused-ring (bicyclic) bond motifs is 1. The quantitative estimate of drug-likeness (QED) is 0.620. The highest BCUT2D eigenvalue weighted by Gasteiger charge is 2.59. The lowest BCUT2D eigenvalue weighted by molar-refractivity contribution is -0.269. The summed E-state index contributed by atoms with van der Waals surface area (Å²) in [5, 5.41) is 9.91. The molecular weight excluding hydrogens is 443 g/mol. The molecule has 5 nitrogen and oxygen atoms in total. The average Bonchev–Trinajstić information content (AvgIpc) is 3.15. The molecular formula is C23H24F3NO4S. The molecule has 4 bridgehead atoms. The fourth-order valence-electron chi connectivity index (χ4n) is 6.36. The Kier molecular flexibility index (Phi) is 5.13. The van der Waals surface area contributed by atoms with Crippen LogP contribution in [0.4, 0.5) is 13.2 Å². The monoisotopic (exact) mass is 467 g/mol. The van der Waals surface area contributed by atoms with E-state index in [-0.39, 0.29) is 5.78 Å². The van der Waals surface area contributed by atoms with E-state index < -0.39 is 41.2 Å². The van der Waals surface area contributed by atoms with Crippen molar-refractivity contribution in [1.82, 2.24) is 4.98 Å². The number of halogens is 3. The maximum absolute atomic E-state index is 13.8. The van der Waals surface area contributed by atoms with Gasteiger partial charge >= 0.3 is 12.1 Å². The smallest absolute Gasteiger partial charge is 0.424 e. The second kappa shape index (κ2) is 7.52. The zero-order chi connectivity index (χ0) is 22.7. The first-order valence-corrected chi connectivity index (χ1v) is 11.7. The third-order valence-corrected chi connectivity index (χ3v) is 8.70. The van der Waals surface area contributed by atoms with Crippen LogP contribution in [0, 0.1) is 23.2 Å². The highest BCUT2D eigenvalue weighted by molar-refractivity contribution is 7.18. The van der Waals surface area contributed by atoms with Crippen molar-refractivity contribution < 1.29 is 32.6 Å². The molecule has 4 saturated carbocycles. The second-order valence-corrected chi connectivity index (χ2v) is 10.8. The Morgan fingerprint density at radius 1 is 1.09 bits per heavy atom. The summed E-state index contributed by atoms with van der Waals surface area (Å²) in [6.07, 6.45) is -0.684. The van der Waals surface area contributed by atoms with E-state index >= 15 is 0 Å². The number of esters is 1. The van der Waals surface area contributed by atoms with Crippen LogP contribution in [0.3, 0.4) is 0 Å². The molecule has 0 unspecified atom stereocenters. The number of ether oxygens (including phenoxy) is 1. The highest BCUT2D eigenvalue weighted by atomic mass is 32.1. The summed E-state index contributed by atoms with van der Waals surface area (Å²) >= 11 is 0.680. The summed E-state index contributed by atoms with van der Waals surface area (Å²) in [5.74, 6) is 0.114. The minimum Gasteiger partial charge on any atom is -0.458 e. The Bertz CT molecular complexity index is 997. The summed E-state index contributed by atoms with van der Waals surface area (Å²) in [6, 6.07) is 6.41. The first-order valence-electron chi connectivity index (χ1n) is 10.9. The van der Waals surface area contributed by atoms with Crippen LogP contribution in [-0.4, -0.2) is 34.6 Å². The van der Waals surface area contributed by atoms with Crippen molar-refractivity contribution in [3.05, 3.63) is 29.3 Å². The number of aliphatic hydroxyl groups is 1. The molecule has 0 amide bonds. The summed E-state index contributed by atoms with van der Waals surface area (Å²) in [6.45, 7) is -0.543. The van der Waals surface area contributed by atoms with Crippen LogP contribution in [0.15, 0.2) is 24.3 Å². The number of hydrogen-bond donors (Lipinski definition) is 1. The molecule has 0 radical (unpaired) electrons. The van der Waals surface area contributed by atoms with Gasteiger partial charge in [0, 0.05) is 5.41 Å². The van der Waals surface area contributed by atoms with E-state index in [9.17, 15) is 27.9 Å². The lowest BCUT2D eigenvalue weighted by Gasteiger charge is -2.55. The predicted molar refractivity (Wildman–Crippen MR) is 111 cm³/mol. The van der Waals surface area contributed by atoms with Crippen molar-refractivity contribution in [3.63, 3.8) is 0 Å². The maximum atomic E-state index is 13.8. The number of thiazole rings is 1. The van der Waals surface area contributed by atoms with Crippen LogP contribution in [0.1, 0.15) is 50.0 Å². The van der Waals surface area contributed by atoms with E-state index in [1.54, 1.807) is 18.2 Å². The van der Waals surface area contributed by atoms with Crippen LogP contribution in [0.25, 0.3) is 10.2 Å². The van der Waals surface area contributed by atoms with E-state index in [2.05, 4.69) is 4.98 Å². The number of rotatable bonds is 6. The zero-order valence-corrected chi connectivity index (χ0v) is 18.2. The van der Waals surface area contributed by atoms with Gasteiger partial charge in [-0.3, -0.25) is 9.59 Å². The molecule has 4 fully saturated rings. The molecule has 4 aliphatic carbocycles. The summed E-state index contributed by atoms with van der Waals surface area (Å²) in [7, 11) is 0. The van der Waals surface area contributed by atoms with Crippen molar-refractivity contribution >= 4 is 33.3 Å². The summed E-state index contributed by atoms with van der Waals surface area (Å²) in [5.41, 5.74) is -3.67. The number of alkyl halides is 3. The van der Waals surface area contributed by atoms with Gasteiger partial charge in [0.05, 0.1) is 16.6 Å². The molecule has 0 saturated heterocycles. The summed E-state index contributed by atoms with van der Waals surface area (Å²) < 4.78 is 47.0. The number of ketones is 1. The largest absolute Gasteiger partial charge is 0.458 e. The molecule has 1 N–H and O–H groups in total. The van der Waals surface area contributed by atoms with Crippen molar-refractivity contribution in [3.8, 4) is 0 Å². The molecule has 6 rings (SSSR count). The second-order valence-electron chi connectivity index (χ2n) is 9.80. The van der Waals surface area contributed by atoms with Gasteiger partial charge in [0.2, 0.25) is 5.60 Å². The highest BCUT2D eigenvalue weighted by Crippen LogP contribution is 2.60. The molecule has 1 aromatic carbocycles. The fourth-order valence-corrected chi connectivity index (χ4v) is 7.43. The zero-order valence-electron chi connectivity index (χ0n) is 17.4. The van der Waals surface area contributed by atoms with E-state index in [1.807, 2.05) is 0 Å². The number of para-hydroxylation sites is 1. The van der Waals surface area contributed by atoms with Gasteiger partial charge in [0.25, 0.3) is 0 Å². The lowest BCUT2D eigenvalue weighted by Crippen LogP contribution is -2.51. The first-order chi connectivity index (χ1) is 15.1. The molecule has 0 spiro atoms. The normalized spacial score (nSPS) is 30.9. The molecule has 1 heterocycles.